The summed E-state index contributed by atoms with van der Waals surface area (Å²) >= 11 is 0. The lowest BCUT2D eigenvalue weighted by molar-refractivity contribution is 0.00336. The van der Waals surface area contributed by atoms with Crippen molar-refractivity contribution in [3.05, 3.63) is 0 Å². The van der Waals surface area contributed by atoms with Crippen molar-refractivity contribution in [1.29, 1.82) is 0 Å². The molecule has 0 fully saturated rings. The van der Waals surface area contributed by atoms with Crippen molar-refractivity contribution in [3.8, 4) is 12.3 Å². The van der Waals surface area contributed by atoms with E-state index in [9.17, 15) is 8.78 Å². The van der Waals surface area contributed by atoms with Gasteiger partial charge in [-0.05, 0) is 26.7 Å². The van der Waals surface area contributed by atoms with Gasteiger partial charge in [0.15, 0.2) is 0 Å². The van der Waals surface area contributed by atoms with E-state index in [1.165, 1.54) is 5.92 Å². The lowest BCUT2D eigenvalue weighted by atomic mass is 10.1. The van der Waals surface area contributed by atoms with E-state index in [1.54, 1.807) is 20.8 Å². The molecule has 1 nitrogen and oxygen atoms in total. The molecule has 0 atom stereocenters. The van der Waals surface area contributed by atoms with Gasteiger partial charge in [-0.1, -0.05) is 0 Å². The zero-order valence-corrected chi connectivity index (χ0v) is 6.33. The maximum atomic E-state index is 12.3. The second-order valence-corrected chi connectivity index (χ2v) is 3.09. The first-order valence-electron chi connectivity index (χ1n) is 2.92. The molecule has 0 saturated heterocycles. The summed E-state index contributed by atoms with van der Waals surface area (Å²) in [5.74, 6) is 1.35. The van der Waals surface area contributed by atoms with E-state index in [2.05, 4.69) is 6.42 Å². The molecule has 0 spiro atoms. The summed E-state index contributed by atoms with van der Waals surface area (Å²) in [5, 5.41) is 1.98. The fourth-order valence-electron chi connectivity index (χ4n) is 0.507. The van der Waals surface area contributed by atoms with Crippen LogP contribution in [0, 0.1) is 12.3 Å². The summed E-state index contributed by atoms with van der Waals surface area (Å²) in [6.07, 6.45) is 4.55. The average Bonchev–Trinajstić information content (AvgIpc) is 1.60. The molecule has 1 N–H and O–H groups in total. The number of halogens is 2. The van der Waals surface area contributed by atoms with Crippen LogP contribution in [0.15, 0.2) is 0 Å². The van der Waals surface area contributed by atoms with Gasteiger partial charge in [0.05, 0.1) is 0 Å². The molecule has 0 saturated carbocycles. The largest absolute Gasteiger partial charge is 0.367 e. The minimum atomic E-state index is -3.20. The van der Waals surface area contributed by atoms with Gasteiger partial charge in [-0.15, -0.1) is 6.42 Å². The van der Waals surface area contributed by atoms with Crippen LogP contribution in [-0.2, 0) is 0 Å². The second-order valence-electron chi connectivity index (χ2n) is 3.09. The Hall–Kier alpha value is -0.620. The predicted molar refractivity (Wildman–Crippen MR) is 36.7 cm³/mol. The van der Waals surface area contributed by atoms with Crippen LogP contribution >= 0.6 is 0 Å². The highest BCUT2D eigenvalue weighted by Gasteiger charge is 2.30. The summed E-state index contributed by atoms with van der Waals surface area (Å²) in [4.78, 5) is 0. The van der Waals surface area contributed by atoms with E-state index >= 15 is 0 Å². The second kappa shape index (κ2) is 2.55. The molecule has 0 aliphatic carbocycles. The van der Waals surface area contributed by atoms with E-state index in [-0.39, 0.29) is 0 Å². The SMILES string of the molecule is C#CC(F)(F)NC(C)(C)C. The molecule has 58 valence electrons. The van der Waals surface area contributed by atoms with Gasteiger partial charge in [0.25, 0.3) is 0 Å². The van der Waals surface area contributed by atoms with Gasteiger partial charge in [0.1, 0.15) is 0 Å². The van der Waals surface area contributed by atoms with Gasteiger partial charge >= 0.3 is 6.05 Å². The number of rotatable bonds is 1. The first-order valence-corrected chi connectivity index (χ1v) is 2.92. The van der Waals surface area contributed by atoms with Gasteiger partial charge in [-0.25, -0.2) is 5.32 Å². The molecule has 0 aliphatic heterocycles. The first-order chi connectivity index (χ1) is 4.27. The van der Waals surface area contributed by atoms with E-state index < -0.39 is 11.6 Å². The van der Waals surface area contributed by atoms with Gasteiger partial charge in [-0.2, -0.15) is 8.78 Å². The maximum absolute atomic E-state index is 12.3. The minimum Gasteiger partial charge on any atom is -0.242 e. The first kappa shape index (κ1) is 9.38. The topological polar surface area (TPSA) is 12.0 Å². The molecular weight excluding hydrogens is 136 g/mol. The minimum absolute atomic E-state index is 0.657. The van der Waals surface area contributed by atoms with Crippen LogP contribution in [0.4, 0.5) is 8.78 Å². The molecule has 0 aromatic heterocycles. The van der Waals surface area contributed by atoms with Crippen molar-refractivity contribution in [1.82, 2.24) is 5.32 Å². The Labute approximate surface area is 59.8 Å². The lowest BCUT2D eigenvalue weighted by Gasteiger charge is -2.24. The molecule has 0 aromatic rings. The van der Waals surface area contributed by atoms with Crippen LogP contribution in [0.2, 0.25) is 0 Å². The molecule has 3 heteroatoms. The smallest absolute Gasteiger partial charge is 0.242 e. The van der Waals surface area contributed by atoms with Crippen LogP contribution in [0.25, 0.3) is 0 Å². The third kappa shape index (κ3) is 4.28. The molecule has 0 bridgehead atoms. The van der Waals surface area contributed by atoms with Crippen LogP contribution in [-0.4, -0.2) is 11.6 Å². The van der Waals surface area contributed by atoms with Crippen molar-refractivity contribution < 1.29 is 8.78 Å². The highest BCUT2D eigenvalue weighted by molar-refractivity contribution is 5.01. The standard InChI is InChI=1S/C7H11F2N/c1-5-7(8,9)10-6(2,3)4/h1,10H,2-4H3. The Morgan fingerprint density at radius 3 is 1.80 bits per heavy atom. The summed E-state index contributed by atoms with van der Waals surface area (Å²) in [7, 11) is 0. The Kier molecular flexibility index (Phi) is 2.39. The molecule has 0 aliphatic rings. The summed E-state index contributed by atoms with van der Waals surface area (Å²) < 4.78 is 24.6. The van der Waals surface area contributed by atoms with Crippen molar-refractivity contribution >= 4 is 0 Å². The Morgan fingerprint density at radius 2 is 1.70 bits per heavy atom. The molecule has 10 heavy (non-hydrogen) atoms. The monoisotopic (exact) mass is 147 g/mol. The average molecular weight is 147 g/mol. The van der Waals surface area contributed by atoms with Crippen molar-refractivity contribution in [3.63, 3.8) is 0 Å². The van der Waals surface area contributed by atoms with Gasteiger partial charge in [0.2, 0.25) is 0 Å². The van der Waals surface area contributed by atoms with E-state index in [1.807, 2.05) is 5.32 Å². The Bertz CT molecular complexity index is 150. The number of hydrogen-bond donors (Lipinski definition) is 1. The van der Waals surface area contributed by atoms with Crippen LogP contribution in [0.5, 0.6) is 0 Å². The molecule has 0 unspecified atom stereocenters. The zero-order chi connectivity index (χ0) is 8.41. The highest BCUT2D eigenvalue weighted by Crippen LogP contribution is 2.12. The third-order valence-corrected chi connectivity index (χ3v) is 0.713. The van der Waals surface area contributed by atoms with E-state index in [4.69, 9.17) is 0 Å². The van der Waals surface area contributed by atoms with Crippen LogP contribution in [0.1, 0.15) is 20.8 Å². The zero-order valence-electron chi connectivity index (χ0n) is 6.33. The molecule has 0 rings (SSSR count). The molecule has 0 heterocycles. The van der Waals surface area contributed by atoms with Gasteiger partial charge < -0.3 is 0 Å². The Balaban J connectivity index is 4.05. The Morgan fingerprint density at radius 1 is 1.30 bits per heavy atom. The van der Waals surface area contributed by atoms with Gasteiger partial charge in [-0.3, -0.25) is 0 Å². The van der Waals surface area contributed by atoms with Crippen LogP contribution in [0.3, 0.4) is 0 Å². The summed E-state index contributed by atoms with van der Waals surface area (Å²) in [6, 6.07) is -3.20. The number of nitrogens with one attached hydrogen (secondary N) is 1. The van der Waals surface area contributed by atoms with E-state index in [0.29, 0.717) is 0 Å². The molecule has 0 radical (unpaired) electrons. The van der Waals surface area contributed by atoms with Crippen LogP contribution < -0.4 is 5.32 Å². The molecular formula is C7H11F2N. The van der Waals surface area contributed by atoms with Gasteiger partial charge in [0, 0.05) is 5.54 Å². The summed E-state index contributed by atoms with van der Waals surface area (Å²) in [5.41, 5.74) is -0.657. The van der Waals surface area contributed by atoms with E-state index in [0.717, 1.165) is 0 Å². The predicted octanol–water partition coefficient (Wildman–Crippen LogP) is 1.60. The number of terminal acetylenes is 1. The fourth-order valence-corrected chi connectivity index (χ4v) is 0.507. The number of alkyl halides is 2. The third-order valence-electron chi connectivity index (χ3n) is 0.713. The quantitative estimate of drug-likeness (QED) is 0.439. The highest BCUT2D eigenvalue weighted by atomic mass is 19.3. The lowest BCUT2D eigenvalue weighted by Crippen LogP contribution is -2.47. The normalized spacial score (nSPS) is 12.8. The molecule has 0 aromatic carbocycles. The number of hydrogen-bond acceptors (Lipinski definition) is 1. The fraction of sp³-hybridized carbons (Fsp3) is 0.714. The van der Waals surface area contributed by atoms with Crippen molar-refractivity contribution in [2.75, 3.05) is 0 Å². The summed E-state index contributed by atoms with van der Waals surface area (Å²) in [6.45, 7) is 4.87. The molecule has 0 amide bonds. The maximum Gasteiger partial charge on any atom is 0.367 e. The van der Waals surface area contributed by atoms with Crippen molar-refractivity contribution in [2.24, 2.45) is 0 Å². The van der Waals surface area contributed by atoms with Crippen molar-refractivity contribution in [2.45, 2.75) is 32.4 Å².